The van der Waals surface area contributed by atoms with Crippen LogP contribution in [-0.2, 0) is 64.0 Å². The van der Waals surface area contributed by atoms with Crippen molar-refractivity contribution >= 4 is 65.0 Å². The maximum Gasteiger partial charge on any atom is 0.318 e. The summed E-state index contributed by atoms with van der Waals surface area (Å²) >= 11 is 0. The minimum atomic E-state index is -1.20. The number of hydrogen-bond donors (Lipinski definition) is 8. The van der Waals surface area contributed by atoms with Crippen molar-refractivity contribution in [3.05, 3.63) is 60.2 Å². The Hall–Kier alpha value is -7.47. The number of primary amides is 1. The first-order valence-electron chi connectivity index (χ1n) is 27.3. The number of methoxy groups -OCH3 is 1. The smallest absolute Gasteiger partial charge is 0.318 e. The van der Waals surface area contributed by atoms with Gasteiger partial charge in [-0.1, -0.05) is 54.6 Å². The first kappa shape index (κ1) is 68.8. The summed E-state index contributed by atoms with van der Waals surface area (Å²) in [5, 5.41) is 15.6. The monoisotopic (exact) mass is 1150 g/mol. The summed E-state index contributed by atoms with van der Waals surface area (Å²) < 4.78 is 5.19. The number of unbranched alkanes of at least 4 members (excludes halogenated alkanes) is 1. The van der Waals surface area contributed by atoms with Gasteiger partial charge in [-0.3, -0.25) is 63.0 Å². The molecule has 1 heterocycles. The Morgan fingerprint density at radius 2 is 1.27 bits per heavy atom. The Morgan fingerprint density at radius 3 is 1.84 bits per heavy atom. The minimum absolute atomic E-state index is 0.0546. The van der Waals surface area contributed by atoms with Crippen LogP contribution in [0.2, 0.25) is 0 Å². The van der Waals surface area contributed by atoms with Gasteiger partial charge >= 0.3 is 11.8 Å². The molecule has 28 heteroatoms. The molecule has 1 unspecified atom stereocenters. The van der Waals surface area contributed by atoms with E-state index in [0.717, 1.165) is 37.7 Å². The number of carbonyl (C=O) groups is 11. The lowest BCUT2D eigenvalue weighted by atomic mass is 10.0. The van der Waals surface area contributed by atoms with E-state index in [0.29, 0.717) is 36.3 Å². The molecule has 0 spiro atoms. The molecule has 1 aliphatic rings. The quantitative estimate of drug-likeness (QED) is 0.0187. The van der Waals surface area contributed by atoms with Gasteiger partial charge in [0, 0.05) is 79.0 Å². The van der Waals surface area contributed by atoms with Gasteiger partial charge in [-0.2, -0.15) is 0 Å². The number of ether oxygens (including phenoxy) is 1. The van der Waals surface area contributed by atoms with Crippen LogP contribution < -0.4 is 39.3 Å². The molecule has 1 aliphatic heterocycles. The number of aliphatic hydroxyl groups is 1. The number of likely N-dealkylation sites (tertiary alicyclic amines) is 1. The normalized spacial score (nSPS) is 13.2. The fraction of sp³-hybridized carbons (Fsp3) is 0.574. The van der Waals surface area contributed by atoms with Crippen LogP contribution in [0.3, 0.4) is 0 Å². The first-order chi connectivity index (χ1) is 39.0. The summed E-state index contributed by atoms with van der Waals surface area (Å²) in [6.45, 7) is -0.895. The van der Waals surface area contributed by atoms with E-state index in [1.165, 1.54) is 21.8 Å². The maximum atomic E-state index is 14.2. The molecule has 0 aromatic heterocycles. The van der Waals surface area contributed by atoms with E-state index in [1.807, 2.05) is 42.5 Å². The van der Waals surface area contributed by atoms with E-state index in [2.05, 4.69) is 10.6 Å². The van der Waals surface area contributed by atoms with Crippen LogP contribution in [0, 0.1) is 0 Å². The predicted molar refractivity (Wildman–Crippen MR) is 301 cm³/mol. The van der Waals surface area contributed by atoms with Gasteiger partial charge in [0.25, 0.3) is 0 Å². The number of nitrogens with one attached hydrogen (secondary N) is 2. The van der Waals surface area contributed by atoms with Crippen LogP contribution in [0.25, 0.3) is 11.1 Å². The number of nitrogens with zero attached hydrogens (tertiary/aromatic N) is 8. The van der Waals surface area contributed by atoms with Gasteiger partial charge in [0.05, 0.1) is 45.9 Å². The molecule has 454 valence electrons. The van der Waals surface area contributed by atoms with Crippen LogP contribution in [0.1, 0.15) is 58.4 Å². The molecule has 28 nitrogen and oxygen atoms in total. The summed E-state index contributed by atoms with van der Waals surface area (Å²) in [5.74, 6) is -8.68. The van der Waals surface area contributed by atoms with E-state index in [4.69, 9.17) is 33.4 Å². The molecular weight excluding hydrogens is 1070 g/mol. The first-order valence-corrected chi connectivity index (χ1v) is 27.3. The van der Waals surface area contributed by atoms with E-state index in [9.17, 15) is 57.8 Å². The van der Waals surface area contributed by atoms with Gasteiger partial charge in [-0.05, 0) is 69.2 Å². The van der Waals surface area contributed by atoms with Crippen LogP contribution >= 0.6 is 0 Å². The van der Waals surface area contributed by atoms with Crippen molar-refractivity contribution in [3.8, 4) is 11.1 Å². The highest BCUT2D eigenvalue weighted by atomic mass is 16.5. The molecule has 0 aliphatic carbocycles. The zero-order valence-corrected chi connectivity index (χ0v) is 47.7. The van der Waals surface area contributed by atoms with Crippen molar-refractivity contribution < 1.29 is 62.6 Å². The number of rotatable bonds is 34. The zero-order chi connectivity index (χ0) is 60.9. The fourth-order valence-electron chi connectivity index (χ4n) is 8.81. The van der Waals surface area contributed by atoms with Crippen LogP contribution in [-0.4, -0.2) is 253 Å². The second-order valence-electron chi connectivity index (χ2n) is 19.9. The molecule has 13 N–H and O–H groups in total. The largest absolute Gasteiger partial charge is 0.395 e. The predicted octanol–water partition coefficient (Wildman–Crippen LogP) is -4.28. The molecule has 1 saturated heterocycles. The number of carbonyl (C=O) groups excluding carboxylic acids is 11. The lowest BCUT2D eigenvalue weighted by Crippen LogP contribution is -2.55. The van der Waals surface area contributed by atoms with E-state index in [1.54, 1.807) is 26.0 Å². The fourth-order valence-corrected chi connectivity index (χ4v) is 8.81. The second kappa shape index (κ2) is 36.1. The topological polar surface area (TPSA) is 397 Å². The summed E-state index contributed by atoms with van der Waals surface area (Å²) in [5.41, 5.74) is 30.5. The number of nitrogens with two attached hydrogens (primary N) is 5. The number of hydrogen-bond acceptors (Lipinski definition) is 18. The van der Waals surface area contributed by atoms with E-state index in [-0.39, 0.29) is 78.4 Å². The molecule has 1 fully saturated rings. The summed E-state index contributed by atoms with van der Waals surface area (Å²) in [6.07, 6.45) is 0.943. The SMILES string of the molecule is COCCN(CC(=O)N(CCN)CC(=O)NC1CCCCN(CC(=O)N(CCO)CC(=O)N(CC(=O)N(CC(N)=O)C(C)C)Cc2ccc(-c3ccccc3)cc2)C1=O)C(=O)CN(CCCCNC(N)N)C(=O)C(=O)N(CCN)C(C)=O. The number of amides is 11. The Kier molecular flexibility index (Phi) is 30.3. The van der Waals surface area contributed by atoms with Gasteiger partial charge in [-0.15, -0.1) is 0 Å². The molecule has 0 bridgehead atoms. The third-order valence-corrected chi connectivity index (χ3v) is 13.2. The highest BCUT2D eigenvalue weighted by Crippen LogP contribution is 2.21. The third kappa shape index (κ3) is 23.2. The molecule has 1 atom stereocenters. The molecule has 82 heavy (non-hydrogen) atoms. The van der Waals surface area contributed by atoms with Crippen molar-refractivity contribution in [2.75, 3.05) is 125 Å². The minimum Gasteiger partial charge on any atom is -0.395 e. The van der Waals surface area contributed by atoms with E-state index >= 15 is 0 Å². The summed E-state index contributed by atoms with van der Waals surface area (Å²) in [6, 6.07) is 15.3. The number of aliphatic hydroxyl groups excluding tert-OH is 1. The summed E-state index contributed by atoms with van der Waals surface area (Å²) in [7, 11) is 1.36. The molecule has 0 saturated carbocycles. The van der Waals surface area contributed by atoms with Crippen molar-refractivity contribution in [1.82, 2.24) is 49.8 Å². The van der Waals surface area contributed by atoms with Gasteiger partial charge in [0.1, 0.15) is 25.4 Å². The van der Waals surface area contributed by atoms with Gasteiger partial charge in [0.2, 0.25) is 53.2 Å². The Balaban J connectivity index is 1.78. The lowest BCUT2D eigenvalue weighted by molar-refractivity contribution is -0.157. The van der Waals surface area contributed by atoms with Gasteiger partial charge < -0.3 is 78.1 Å². The molecular formula is C54H85N15O13. The van der Waals surface area contributed by atoms with Gasteiger partial charge in [-0.25, -0.2) is 0 Å². The Bertz CT molecular complexity index is 2450. The van der Waals surface area contributed by atoms with Crippen LogP contribution in [0.5, 0.6) is 0 Å². The highest BCUT2D eigenvalue weighted by molar-refractivity contribution is 6.37. The average molecular weight is 1150 g/mol. The van der Waals surface area contributed by atoms with Crippen molar-refractivity contribution in [2.24, 2.45) is 28.7 Å². The molecule has 0 radical (unpaired) electrons. The molecule has 2 aromatic carbocycles. The summed E-state index contributed by atoms with van der Waals surface area (Å²) in [4.78, 5) is 157. The second-order valence-corrected chi connectivity index (χ2v) is 19.9. The van der Waals surface area contributed by atoms with Gasteiger partial charge in [0.15, 0.2) is 0 Å². The van der Waals surface area contributed by atoms with Crippen molar-refractivity contribution in [1.29, 1.82) is 0 Å². The number of imide groups is 1. The van der Waals surface area contributed by atoms with Crippen molar-refractivity contribution in [2.45, 2.75) is 77.8 Å². The van der Waals surface area contributed by atoms with Crippen LogP contribution in [0.15, 0.2) is 54.6 Å². The Labute approximate surface area is 478 Å². The maximum absolute atomic E-state index is 14.2. The lowest BCUT2D eigenvalue weighted by Gasteiger charge is -2.32. The molecule has 11 amide bonds. The Morgan fingerprint density at radius 1 is 0.683 bits per heavy atom. The van der Waals surface area contributed by atoms with Crippen molar-refractivity contribution in [3.63, 3.8) is 0 Å². The zero-order valence-electron chi connectivity index (χ0n) is 47.7. The molecule has 2 aromatic rings. The standard InChI is InChI=1S/C54H85N15O13/c1-38(2)69(31-44(57)72)50(78)37-67(30-40-15-17-42(18-16-40)41-12-6-5-7-13-41)49(77)34-63(26-28-70)47(75)35-65-22-10-8-14-43(51(65)79)61-45(73)32-62(24-19-55)46(74)33-64(27-29-82-4)48(76)36-66(23-11-9-21-60-54(58)59)52(80)53(81)68(25-20-56)39(3)71/h5-7,12-13,15-18,38,43,54,60,70H,8-11,14,19-37,55-56,58-59H2,1-4H3,(H2,57,72)(H,61,73). The average Bonchev–Trinajstić information content (AvgIpc) is 3.69. The number of benzene rings is 2. The third-order valence-electron chi connectivity index (χ3n) is 13.2. The highest BCUT2D eigenvalue weighted by Gasteiger charge is 2.35. The molecule has 3 rings (SSSR count). The van der Waals surface area contributed by atoms with E-state index < -0.39 is 136 Å². The van der Waals surface area contributed by atoms with Crippen LogP contribution in [0.4, 0.5) is 0 Å².